The second-order valence-electron chi connectivity index (χ2n) is 6.49. The average molecular weight is 427 g/mol. The molecule has 0 bridgehead atoms. The van der Waals surface area contributed by atoms with E-state index in [2.05, 4.69) is 4.98 Å². The summed E-state index contributed by atoms with van der Waals surface area (Å²) < 4.78 is 50.7. The molecule has 0 unspecified atom stereocenters. The Morgan fingerprint density at radius 2 is 2.32 bits per heavy atom. The van der Waals surface area contributed by atoms with Gasteiger partial charge in [0.15, 0.2) is 0 Å². The molecular formula is C14H20F2N3O8P. The molecular weight excluding hydrogens is 407 g/mol. The Labute approximate surface area is 157 Å². The van der Waals surface area contributed by atoms with Gasteiger partial charge in [0.1, 0.15) is 0 Å². The first kappa shape index (κ1) is 21.0. The topological polar surface area (TPSA) is 155 Å². The van der Waals surface area contributed by atoms with Gasteiger partial charge in [0.05, 0.1) is 0 Å². The van der Waals surface area contributed by atoms with Crippen molar-refractivity contribution in [2.24, 2.45) is 5.92 Å². The number of alkyl halides is 2. The number of aliphatic carboxylic acids is 1. The van der Waals surface area contributed by atoms with E-state index in [1.807, 2.05) is 0 Å². The fourth-order valence-corrected chi connectivity index (χ4v) is 4.40. The predicted octanol–water partition coefficient (Wildman–Crippen LogP) is 0.303. The van der Waals surface area contributed by atoms with Crippen LogP contribution in [0.2, 0.25) is 0 Å². The summed E-state index contributed by atoms with van der Waals surface area (Å²) >= 11 is 0. The molecule has 0 radical (unpaired) electrons. The molecule has 0 spiro atoms. The number of rotatable bonds is 6. The number of carbonyl (C=O) groups is 1. The van der Waals surface area contributed by atoms with Crippen LogP contribution in [0.15, 0.2) is 17.1 Å². The Hall–Kier alpha value is -1.76. The molecule has 0 amide bonds. The molecule has 4 N–H and O–H groups in total. The van der Waals surface area contributed by atoms with Crippen LogP contribution in [0, 0.1) is 5.92 Å². The maximum absolute atomic E-state index is 14.9. The zero-order valence-electron chi connectivity index (χ0n) is 14.7. The molecule has 11 nitrogen and oxygen atoms in total. The molecule has 4 atom stereocenters. The normalized spacial score (nSPS) is 30.4. The monoisotopic (exact) mass is 427 g/mol. The molecule has 2 aliphatic heterocycles. The minimum atomic E-state index is -4.44. The first-order valence-electron chi connectivity index (χ1n) is 8.32. The van der Waals surface area contributed by atoms with Crippen LogP contribution in [0.5, 0.6) is 0 Å². The van der Waals surface area contributed by atoms with Gasteiger partial charge in [-0.1, -0.05) is 0 Å². The SMILES string of the molecule is C[C@@H](CCO[PH]1(O)OC[C@H]2O[C@@H](n3ccc(N)nc3=O)C(F)(F)[C@@H]2O1)C(=O)O. The Kier molecular flexibility index (Phi) is 5.67. The van der Waals surface area contributed by atoms with E-state index >= 15 is 0 Å². The molecule has 3 rings (SSSR count). The summed E-state index contributed by atoms with van der Waals surface area (Å²) in [5.41, 5.74) is 4.32. The van der Waals surface area contributed by atoms with Crippen molar-refractivity contribution in [2.75, 3.05) is 18.9 Å². The number of carboxylic acid groups (broad SMARTS) is 1. The molecule has 1 aromatic heterocycles. The van der Waals surface area contributed by atoms with Gasteiger partial charge in [-0.2, -0.15) is 0 Å². The Balaban J connectivity index is 1.72. The number of nitrogens with two attached hydrogens (primary N) is 1. The van der Waals surface area contributed by atoms with Crippen LogP contribution >= 0.6 is 8.17 Å². The van der Waals surface area contributed by atoms with E-state index in [4.69, 9.17) is 29.1 Å². The van der Waals surface area contributed by atoms with Gasteiger partial charge in [-0.15, -0.1) is 0 Å². The average Bonchev–Trinajstić information content (AvgIpc) is 2.85. The van der Waals surface area contributed by atoms with Crippen molar-refractivity contribution in [2.45, 2.75) is 37.7 Å². The maximum atomic E-state index is 14.9. The number of carboxylic acids is 1. The number of nitrogens with zero attached hydrogens (tertiary/aromatic N) is 2. The molecule has 0 aliphatic carbocycles. The second-order valence-corrected chi connectivity index (χ2v) is 8.35. The fraction of sp³-hybridized carbons (Fsp3) is 0.643. The van der Waals surface area contributed by atoms with Crippen LogP contribution in [0.25, 0.3) is 0 Å². The summed E-state index contributed by atoms with van der Waals surface area (Å²) in [5, 5.41) is 8.83. The van der Waals surface area contributed by atoms with E-state index in [0.717, 1.165) is 12.3 Å². The molecule has 2 aliphatic rings. The van der Waals surface area contributed by atoms with Crippen molar-refractivity contribution in [3.05, 3.63) is 22.7 Å². The van der Waals surface area contributed by atoms with E-state index in [1.54, 1.807) is 0 Å². The predicted molar refractivity (Wildman–Crippen MR) is 90.5 cm³/mol. The van der Waals surface area contributed by atoms with Crippen LogP contribution in [-0.2, 0) is 23.1 Å². The zero-order chi connectivity index (χ0) is 20.7. The molecule has 28 heavy (non-hydrogen) atoms. The molecule has 3 heterocycles. The Morgan fingerprint density at radius 3 is 2.96 bits per heavy atom. The van der Waals surface area contributed by atoms with Crippen molar-refractivity contribution in [3.8, 4) is 0 Å². The van der Waals surface area contributed by atoms with Gasteiger partial charge in [0.25, 0.3) is 0 Å². The van der Waals surface area contributed by atoms with Gasteiger partial charge >= 0.3 is 157 Å². The van der Waals surface area contributed by atoms with Crippen LogP contribution in [0.4, 0.5) is 14.6 Å². The van der Waals surface area contributed by atoms with Gasteiger partial charge < -0.3 is 0 Å². The van der Waals surface area contributed by atoms with Gasteiger partial charge in [-0.05, 0) is 0 Å². The number of hydrogen-bond acceptors (Lipinski definition) is 9. The number of halogens is 2. The van der Waals surface area contributed by atoms with Crippen molar-refractivity contribution >= 4 is 20.0 Å². The third-order valence-electron chi connectivity index (χ3n) is 4.42. The van der Waals surface area contributed by atoms with Gasteiger partial charge in [-0.25, -0.2) is 0 Å². The molecule has 2 saturated heterocycles. The summed E-state index contributed by atoms with van der Waals surface area (Å²) in [6, 6.07) is 1.16. The van der Waals surface area contributed by atoms with E-state index in [1.165, 1.54) is 6.92 Å². The molecule has 158 valence electrons. The summed E-state index contributed by atoms with van der Waals surface area (Å²) in [6.45, 7) is 0.716. The van der Waals surface area contributed by atoms with E-state index in [0.29, 0.717) is 4.57 Å². The number of fused-ring (bicyclic) bond motifs is 1. The van der Waals surface area contributed by atoms with Gasteiger partial charge in [0.2, 0.25) is 0 Å². The standard InChI is InChI=1S/C14H20F2N3O8P/c1-7(11(20)21)3-5-24-28(23)25-6-8-10(27-28)14(15,16)12(26-8)19-4-2-9(17)18-13(19)22/h2,4,7-8,10,12,23,28H,3,5-6H2,1H3,(H,20,21)(H2,17,18,22)/t7-,8+,10+,12+/m0/s1. The molecule has 14 heteroatoms. The van der Waals surface area contributed by atoms with Crippen LogP contribution in [-0.4, -0.2) is 56.9 Å². The first-order valence-corrected chi connectivity index (χ1v) is 9.99. The molecule has 1 aromatic rings. The number of aromatic nitrogens is 2. The minimum absolute atomic E-state index is 0.0213. The summed E-state index contributed by atoms with van der Waals surface area (Å²) in [5.74, 6) is -5.68. The van der Waals surface area contributed by atoms with Crippen LogP contribution < -0.4 is 11.4 Å². The zero-order valence-corrected chi connectivity index (χ0v) is 15.7. The number of hydrogen-bond donors (Lipinski definition) is 3. The van der Waals surface area contributed by atoms with Crippen molar-refractivity contribution in [1.29, 1.82) is 0 Å². The quantitative estimate of drug-likeness (QED) is 0.540. The van der Waals surface area contributed by atoms with E-state index in [9.17, 15) is 23.3 Å². The van der Waals surface area contributed by atoms with E-state index < -0.39 is 56.7 Å². The van der Waals surface area contributed by atoms with Gasteiger partial charge in [-0.3, -0.25) is 0 Å². The summed E-state index contributed by atoms with van der Waals surface area (Å²) in [4.78, 5) is 36.3. The molecule has 2 fully saturated rings. The van der Waals surface area contributed by atoms with Crippen molar-refractivity contribution in [1.82, 2.24) is 9.55 Å². The van der Waals surface area contributed by atoms with Crippen LogP contribution in [0.1, 0.15) is 19.6 Å². The van der Waals surface area contributed by atoms with Gasteiger partial charge in [0, 0.05) is 0 Å². The number of anilines is 1. The van der Waals surface area contributed by atoms with Crippen molar-refractivity contribution < 1.29 is 41.9 Å². The second kappa shape index (κ2) is 7.58. The van der Waals surface area contributed by atoms with E-state index in [-0.39, 0.29) is 18.8 Å². The Bertz CT molecular complexity index is 811. The number of ether oxygens (including phenoxy) is 1. The third-order valence-corrected chi connectivity index (χ3v) is 6.07. The third kappa shape index (κ3) is 4.00. The van der Waals surface area contributed by atoms with Crippen molar-refractivity contribution in [3.63, 3.8) is 0 Å². The fourth-order valence-electron chi connectivity index (χ4n) is 2.80. The molecule has 0 saturated carbocycles. The first-order chi connectivity index (χ1) is 13.0. The summed E-state index contributed by atoms with van der Waals surface area (Å²) in [6.07, 6.45) is -4.18. The molecule has 0 aromatic carbocycles. The van der Waals surface area contributed by atoms with Crippen LogP contribution in [0.3, 0.4) is 0 Å². The Morgan fingerprint density at radius 1 is 1.61 bits per heavy atom. The summed E-state index contributed by atoms with van der Waals surface area (Å²) in [7, 11) is -4.44. The number of nitrogen functional groups attached to an aromatic ring is 1.